The number of aromatic nitrogens is 4. The summed E-state index contributed by atoms with van der Waals surface area (Å²) in [4.78, 5) is 14.2. The van der Waals surface area contributed by atoms with Crippen molar-refractivity contribution < 1.29 is 9.84 Å². The maximum atomic E-state index is 9.69. The fourth-order valence-corrected chi connectivity index (χ4v) is 4.88. The van der Waals surface area contributed by atoms with E-state index >= 15 is 0 Å². The molecule has 1 atom stereocenters. The Labute approximate surface area is 211 Å². The molecule has 0 saturated heterocycles. The highest BCUT2D eigenvalue weighted by Crippen LogP contribution is 2.33. The lowest BCUT2D eigenvalue weighted by Gasteiger charge is -2.17. The Hall–Kier alpha value is -3.65. The maximum absolute atomic E-state index is 9.69. The zero-order valence-electron chi connectivity index (χ0n) is 20.9. The highest BCUT2D eigenvalue weighted by molar-refractivity contribution is 5.84. The van der Waals surface area contributed by atoms with Crippen molar-refractivity contribution in [1.29, 1.82) is 0 Å². The number of methoxy groups -OCH3 is 1. The van der Waals surface area contributed by atoms with Crippen LogP contribution in [0.2, 0.25) is 0 Å². The number of anilines is 2. The van der Waals surface area contributed by atoms with Gasteiger partial charge in [-0.2, -0.15) is 9.97 Å². The van der Waals surface area contributed by atoms with E-state index in [0.717, 1.165) is 52.9 Å². The third-order valence-corrected chi connectivity index (χ3v) is 7.02. The van der Waals surface area contributed by atoms with Gasteiger partial charge in [0.1, 0.15) is 5.75 Å². The SMILES string of the molecule is CCC(CO)Nc1nc(NCc2ccc(-c3ccccc3OC)cc2)c2ncn(C3CCCC3)c2n1. The first-order chi connectivity index (χ1) is 17.7. The molecule has 8 nitrogen and oxygen atoms in total. The van der Waals surface area contributed by atoms with E-state index in [4.69, 9.17) is 19.7 Å². The Morgan fingerprint density at radius 2 is 1.86 bits per heavy atom. The second-order valence-corrected chi connectivity index (χ2v) is 9.34. The number of aliphatic hydroxyl groups is 1. The minimum atomic E-state index is -0.0966. The summed E-state index contributed by atoms with van der Waals surface area (Å²) in [6.07, 6.45) is 7.44. The van der Waals surface area contributed by atoms with E-state index in [1.54, 1.807) is 7.11 Å². The van der Waals surface area contributed by atoms with Gasteiger partial charge in [-0.25, -0.2) is 4.98 Å². The molecule has 5 rings (SSSR count). The summed E-state index contributed by atoms with van der Waals surface area (Å²) in [5.41, 5.74) is 4.92. The molecular weight excluding hydrogens is 452 g/mol. The Kier molecular flexibility index (Phi) is 7.32. The molecule has 1 fully saturated rings. The van der Waals surface area contributed by atoms with Crippen LogP contribution in [0, 0.1) is 0 Å². The standard InChI is InChI=1S/C28H34N6O2/c1-3-21(17-35)31-28-32-26(25-27(33-28)34(18-30-25)22-8-4-5-9-22)29-16-19-12-14-20(15-13-19)23-10-6-7-11-24(23)36-2/h6-7,10-15,18,21-22,35H,3-5,8-9,16-17H2,1-2H3,(H2,29,31,32,33). The van der Waals surface area contributed by atoms with Crippen LogP contribution in [0.15, 0.2) is 54.9 Å². The number of hydrogen-bond donors (Lipinski definition) is 3. The molecule has 2 aromatic heterocycles. The summed E-state index contributed by atoms with van der Waals surface area (Å²) in [6.45, 7) is 2.66. The van der Waals surface area contributed by atoms with E-state index in [2.05, 4.69) is 45.5 Å². The smallest absolute Gasteiger partial charge is 0.227 e. The van der Waals surface area contributed by atoms with Gasteiger partial charge in [-0.1, -0.05) is 62.2 Å². The Morgan fingerprint density at radius 1 is 1.08 bits per heavy atom. The summed E-state index contributed by atoms with van der Waals surface area (Å²) >= 11 is 0. The van der Waals surface area contributed by atoms with Crippen molar-refractivity contribution in [2.75, 3.05) is 24.4 Å². The van der Waals surface area contributed by atoms with Crippen molar-refractivity contribution in [3.05, 3.63) is 60.4 Å². The molecule has 0 spiro atoms. The van der Waals surface area contributed by atoms with Crippen LogP contribution < -0.4 is 15.4 Å². The van der Waals surface area contributed by atoms with Gasteiger partial charge in [-0.15, -0.1) is 0 Å². The molecule has 2 aromatic carbocycles. The number of rotatable bonds is 10. The van der Waals surface area contributed by atoms with Gasteiger partial charge in [0.05, 0.1) is 26.1 Å². The van der Waals surface area contributed by atoms with Gasteiger partial charge in [-0.05, 0) is 36.5 Å². The molecule has 8 heteroatoms. The molecule has 0 amide bonds. The average Bonchev–Trinajstić information content (AvgIpc) is 3.61. The van der Waals surface area contributed by atoms with Gasteiger partial charge in [0.2, 0.25) is 5.95 Å². The van der Waals surface area contributed by atoms with Gasteiger partial charge in [0.25, 0.3) is 0 Å². The van der Waals surface area contributed by atoms with Crippen LogP contribution in [0.5, 0.6) is 5.75 Å². The summed E-state index contributed by atoms with van der Waals surface area (Å²) in [6, 6.07) is 16.8. The first-order valence-electron chi connectivity index (χ1n) is 12.8. The van der Waals surface area contributed by atoms with Gasteiger partial charge >= 0.3 is 0 Å². The molecule has 36 heavy (non-hydrogen) atoms. The van der Waals surface area contributed by atoms with Crippen molar-refractivity contribution in [2.24, 2.45) is 0 Å². The lowest BCUT2D eigenvalue weighted by molar-refractivity contribution is 0.271. The molecule has 0 aliphatic heterocycles. The van der Waals surface area contributed by atoms with Crippen molar-refractivity contribution in [3.8, 4) is 16.9 Å². The Balaban J connectivity index is 1.40. The van der Waals surface area contributed by atoms with Crippen LogP contribution in [-0.4, -0.2) is 44.4 Å². The van der Waals surface area contributed by atoms with Gasteiger partial charge in [0, 0.05) is 18.2 Å². The molecule has 188 valence electrons. The molecule has 2 heterocycles. The Bertz CT molecular complexity index is 1290. The number of para-hydroxylation sites is 1. The third kappa shape index (κ3) is 4.99. The first kappa shape index (κ1) is 24.1. The van der Waals surface area contributed by atoms with Crippen LogP contribution in [0.4, 0.5) is 11.8 Å². The maximum Gasteiger partial charge on any atom is 0.227 e. The normalized spacial score (nSPS) is 14.8. The van der Waals surface area contributed by atoms with Crippen molar-refractivity contribution in [2.45, 2.75) is 57.7 Å². The number of aliphatic hydroxyl groups excluding tert-OH is 1. The quantitative estimate of drug-likeness (QED) is 0.276. The number of benzene rings is 2. The number of hydrogen-bond acceptors (Lipinski definition) is 7. The predicted molar refractivity (Wildman–Crippen MR) is 143 cm³/mol. The second-order valence-electron chi connectivity index (χ2n) is 9.34. The summed E-state index contributed by atoms with van der Waals surface area (Å²) in [7, 11) is 1.69. The summed E-state index contributed by atoms with van der Waals surface area (Å²) < 4.78 is 7.71. The molecule has 1 aliphatic rings. The zero-order chi connectivity index (χ0) is 24.9. The predicted octanol–water partition coefficient (Wildman–Crippen LogP) is 5.41. The fraction of sp³-hybridized carbons (Fsp3) is 0.393. The number of imidazole rings is 1. The number of ether oxygens (including phenoxy) is 1. The Morgan fingerprint density at radius 3 is 2.58 bits per heavy atom. The van der Waals surface area contributed by atoms with Crippen LogP contribution in [-0.2, 0) is 6.54 Å². The van der Waals surface area contributed by atoms with E-state index in [9.17, 15) is 5.11 Å². The van der Waals surface area contributed by atoms with E-state index in [1.165, 1.54) is 12.8 Å². The molecule has 1 saturated carbocycles. The summed E-state index contributed by atoms with van der Waals surface area (Å²) in [5, 5.41) is 16.5. The molecular formula is C28H34N6O2. The monoisotopic (exact) mass is 486 g/mol. The third-order valence-electron chi connectivity index (χ3n) is 7.02. The minimum absolute atomic E-state index is 0.0289. The number of nitrogens with one attached hydrogen (secondary N) is 2. The first-order valence-corrected chi connectivity index (χ1v) is 12.8. The molecule has 1 unspecified atom stereocenters. The average molecular weight is 487 g/mol. The second kappa shape index (κ2) is 11.0. The van der Waals surface area contributed by atoms with Crippen LogP contribution in [0.3, 0.4) is 0 Å². The van der Waals surface area contributed by atoms with Crippen molar-refractivity contribution in [1.82, 2.24) is 19.5 Å². The van der Waals surface area contributed by atoms with Gasteiger partial charge in [-0.3, -0.25) is 0 Å². The van der Waals surface area contributed by atoms with E-state index in [1.807, 2.05) is 31.5 Å². The van der Waals surface area contributed by atoms with Crippen LogP contribution >= 0.6 is 0 Å². The highest BCUT2D eigenvalue weighted by Gasteiger charge is 2.22. The minimum Gasteiger partial charge on any atom is -0.496 e. The lowest BCUT2D eigenvalue weighted by atomic mass is 10.0. The van der Waals surface area contributed by atoms with E-state index in [-0.39, 0.29) is 12.6 Å². The number of nitrogens with zero attached hydrogens (tertiary/aromatic N) is 4. The van der Waals surface area contributed by atoms with Gasteiger partial charge < -0.3 is 25.0 Å². The lowest BCUT2D eigenvalue weighted by Crippen LogP contribution is -2.24. The molecule has 0 bridgehead atoms. The van der Waals surface area contributed by atoms with Gasteiger partial charge in [0.15, 0.2) is 17.0 Å². The molecule has 1 aliphatic carbocycles. The largest absolute Gasteiger partial charge is 0.496 e. The molecule has 4 aromatic rings. The molecule has 0 radical (unpaired) electrons. The number of fused-ring (bicyclic) bond motifs is 1. The van der Waals surface area contributed by atoms with Crippen molar-refractivity contribution >= 4 is 22.9 Å². The fourth-order valence-electron chi connectivity index (χ4n) is 4.88. The van der Waals surface area contributed by atoms with Crippen LogP contribution in [0.25, 0.3) is 22.3 Å². The van der Waals surface area contributed by atoms with Crippen LogP contribution in [0.1, 0.15) is 50.6 Å². The molecule has 3 N–H and O–H groups in total. The summed E-state index contributed by atoms with van der Waals surface area (Å²) in [5.74, 6) is 2.07. The van der Waals surface area contributed by atoms with E-state index in [0.29, 0.717) is 24.4 Å². The zero-order valence-corrected chi connectivity index (χ0v) is 20.9. The van der Waals surface area contributed by atoms with E-state index < -0.39 is 0 Å². The highest BCUT2D eigenvalue weighted by atomic mass is 16.5. The topological polar surface area (TPSA) is 97.1 Å². The van der Waals surface area contributed by atoms with Crippen molar-refractivity contribution in [3.63, 3.8) is 0 Å².